The summed E-state index contributed by atoms with van der Waals surface area (Å²) in [5.74, 6) is -1.31. The van der Waals surface area contributed by atoms with Crippen molar-refractivity contribution in [3.8, 4) is 0 Å². The molecule has 0 radical (unpaired) electrons. The Kier molecular flexibility index (Phi) is 3.75. The molecule has 0 bridgehead atoms. The molecular formula is C12H12BrFN2O3. The van der Waals surface area contributed by atoms with E-state index in [0.717, 1.165) is 0 Å². The zero-order chi connectivity index (χ0) is 14.0. The largest absolute Gasteiger partial charge is 0.481 e. The average molecular weight is 331 g/mol. The standard InChI is InChI=1S/C12H12BrFN2O3/c13-8-5-7(1-2-9(8)14)16-11(19)15-6-12(3-4-12)10(17)18/h1-2,5H,3-4,6H2,(H,17,18)(H2,15,16,19). The van der Waals surface area contributed by atoms with Crippen LogP contribution in [0.1, 0.15) is 12.8 Å². The third kappa shape index (κ3) is 3.23. The first-order valence-electron chi connectivity index (χ1n) is 5.66. The Hall–Kier alpha value is -1.63. The van der Waals surface area contributed by atoms with Gasteiger partial charge >= 0.3 is 12.0 Å². The van der Waals surface area contributed by atoms with Gasteiger partial charge in [0.1, 0.15) is 5.82 Å². The highest BCUT2D eigenvalue weighted by Gasteiger charge is 2.50. The molecule has 1 aromatic rings. The second-order valence-electron chi connectivity index (χ2n) is 4.52. The van der Waals surface area contributed by atoms with E-state index in [2.05, 4.69) is 26.6 Å². The molecule has 5 nitrogen and oxygen atoms in total. The number of hydrogen-bond donors (Lipinski definition) is 3. The fourth-order valence-electron chi connectivity index (χ4n) is 1.62. The first-order chi connectivity index (χ1) is 8.93. The molecule has 0 aromatic heterocycles. The van der Waals surface area contributed by atoms with E-state index in [-0.39, 0.29) is 11.0 Å². The summed E-state index contributed by atoms with van der Waals surface area (Å²) in [7, 11) is 0. The summed E-state index contributed by atoms with van der Waals surface area (Å²) in [5.41, 5.74) is -0.383. The van der Waals surface area contributed by atoms with Gasteiger partial charge in [0.15, 0.2) is 0 Å². The first-order valence-corrected chi connectivity index (χ1v) is 6.46. The molecule has 0 saturated heterocycles. The van der Waals surface area contributed by atoms with Gasteiger partial charge in [-0.2, -0.15) is 0 Å². The van der Waals surface area contributed by atoms with Gasteiger partial charge in [-0.3, -0.25) is 4.79 Å². The number of benzene rings is 1. The lowest BCUT2D eigenvalue weighted by Gasteiger charge is -2.12. The SMILES string of the molecule is O=C(NCC1(C(=O)O)CC1)Nc1ccc(F)c(Br)c1. The number of urea groups is 1. The van der Waals surface area contributed by atoms with Crippen molar-refractivity contribution in [2.45, 2.75) is 12.8 Å². The highest BCUT2D eigenvalue weighted by molar-refractivity contribution is 9.10. The molecule has 7 heteroatoms. The number of hydrogen-bond acceptors (Lipinski definition) is 2. The molecule has 1 fully saturated rings. The highest BCUT2D eigenvalue weighted by Crippen LogP contribution is 2.45. The highest BCUT2D eigenvalue weighted by atomic mass is 79.9. The van der Waals surface area contributed by atoms with Gasteiger partial charge in [0.25, 0.3) is 0 Å². The number of carbonyl (C=O) groups excluding carboxylic acids is 1. The van der Waals surface area contributed by atoms with Crippen molar-refractivity contribution in [1.82, 2.24) is 5.32 Å². The molecule has 1 aromatic carbocycles. The van der Waals surface area contributed by atoms with Crippen LogP contribution in [0.5, 0.6) is 0 Å². The van der Waals surface area contributed by atoms with Crippen molar-refractivity contribution in [3.05, 3.63) is 28.5 Å². The molecule has 2 amide bonds. The third-order valence-corrected chi connectivity index (χ3v) is 3.68. The maximum Gasteiger partial charge on any atom is 0.319 e. The van der Waals surface area contributed by atoms with Crippen molar-refractivity contribution >= 4 is 33.6 Å². The van der Waals surface area contributed by atoms with Crippen molar-refractivity contribution < 1.29 is 19.1 Å². The monoisotopic (exact) mass is 330 g/mol. The minimum atomic E-state index is -0.891. The molecule has 1 saturated carbocycles. The normalized spacial score (nSPS) is 15.7. The van der Waals surface area contributed by atoms with E-state index < -0.39 is 23.2 Å². The van der Waals surface area contributed by atoms with Crippen LogP contribution in [0.2, 0.25) is 0 Å². The Morgan fingerprint density at radius 3 is 2.63 bits per heavy atom. The van der Waals surface area contributed by atoms with Crippen LogP contribution in [0.25, 0.3) is 0 Å². The number of anilines is 1. The van der Waals surface area contributed by atoms with Gasteiger partial charge in [-0.15, -0.1) is 0 Å². The third-order valence-electron chi connectivity index (χ3n) is 3.07. The lowest BCUT2D eigenvalue weighted by molar-refractivity contribution is -0.143. The number of carboxylic acid groups (broad SMARTS) is 1. The quantitative estimate of drug-likeness (QED) is 0.793. The number of halogens is 2. The smallest absolute Gasteiger partial charge is 0.319 e. The van der Waals surface area contributed by atoms with Crippen LogP contribution >= 0.6 is 15.9 Å². The Balaban J connectivity index is 1.88. The van der Waals surface area contributed by atoms with Gasteiger partial charge in [-0.25, -0.2) is 9.18 Å². The van der Waals surface area contributed by atoms with Crippen LogP contribution in [0.15, 0.2) is 22.7 Å². The molecule has 1 aliphatic rings. The van der Waals surface area contributed by atoms with Gasteiger partial charge in [0.2, 0.25) is 0 Å². The molecule has 0 unspecified atom stereocenters. The minimum absolute atomic E-state index is 0.0938. The van der Waals surface area contributed by atoms with E-state index in [9.17, 15) is 14.0 Å². The van der Waals surface area contributed by atoms with Gasteiger partial charge in [-0.05, 0) is 47.0 Å². The molecule has 0 heterocycles. The number of carboxylic acids is 1. The molecule has 102 valence electrons. The van der Waals surface area contributed by atoms with Gasteiger partial charge in [-0.1, -0.05) is 0 Å². The van der Waals surface area contributed by atoms with Crippen LogP contribution in [-0.4, -0.2) is 23.7 Å². The van der Waals surface area contributed by atoms with Crippen molar-refractivity contribution in [1.29, 1.82) is 0 Å². The van der Waals surface area contributed by atoms with E-state index in [0.29, 0.717) is 18.5 Å². The lowest BCUT2D eigenvalue weighted by atomic mass is 10.1. The van der Waals surface area contributed by atoms with E-state index in [1.54, 1.807) is 0 Å². The van der Waals surface area contributed by atoms with Crippen LogP contribution in [0.3, 0.4) is 0 Å². The van der Waals surface area contributed by atoms with Crippen LogP contribution < -0.4 is 10.6 Å². The lowest BCUT2D eigenvalue weighted by Crippen LogP contribution is -2.36. The first kappa shape index (κ1) is 13.8. The van der Waals surface area contributed by atoms with E-state index in [1.807, 2.05) is 0 Å². The minimum Gasteiger partial charge on any atom is -0.481 e. The number of carbonyl (C=O) groups is 2. The van der Waals surface area contributed by atoms with Crippen molar-refractivity contribution in [2.24, 2.45) is 5.41 Å². The average Bonchev–Trinajstić information content (AvgIpc) is 3.13. The van der Waals surface area contributed by atoms with Crippen molar-refractivity contribution in [2.75, 3.05) is 11.9 Å². The summed E-state index contributed by atoms with van der Waals surface area (Å²) in [4.78, 5) is 22.5. The molecule has 0 atom stereocenters. The van der Waals surface area contributed by atoms with Gasteiger partial charge < -0.3 is 15.7 Å². The summed E-state index contributed by atoms with van der Waals surface area (Å²) in [5, 5.41) is 14.0. The molecule has 3 N–H and O–H groups in total. The van der Waals surface area contributed by atoms with E-state index >= 15 is 0 Å². The second kappa shape index (κ2) is 5.16. The predicted octanol–water partition coefficient (Wildman–Crippen LogP) is 2.57. The van der Waals surface area contributed by atoms with Crippen LogP contribution in [0.4, 0.5) is 14.9 Å². The van der Waals surface area contributed by atoms with Gasteiger partial charge in [0.05, 0.1) is 9.89 Å². The summed E-state index contributed by atoms with van der Waals surface area (Å²) < 4.78 is 13.2. The number of rotatable bonds is 4. The Morgan fingerprint density at radius 2 is 2.11 bits per heavy atom. The van der Waals surface area contributed by atoms with Crippen molar-refractivity contribution in [3.63, 3.8) is 0 Å². The number of amides is 2. The van der Waals surface area contributed by atoms with E-state index in [1.165, 1.54) is 18.2 Å². The van der Waals surface area contributed by atoms with Crippen LogP contribution in [0, 0.1) is 11.2 Å². The van der Waals surface area contributed by atoms with Crippen LogP contribution in [-0.2, 0) is 4.79 Å². The van der Waals surface area contributed by atoms with Gasteiger partial charge in [0, 0.05) is 12.2 Å². The maximum absolute atomic E-state index is 13.0. The topological polar surface area (TPSA) is 78.4 Å². The second-order valence-corrected chi connectivity index (χ2v) is 5.38. The van der Waals surface area contributed by atoms with E-state index in [4.69, 9.17) is 5.11 Å². The zero-order valence-electron chi connectivity index (χ0n) is 9.87. The fraction of sp³-hybridized carbons (Fsp3) is 0.333. The molecule has 0 spiro atoms. The maximum atomic E-state index is 13.0. The Morgan fingerprint density at radius 1 is 1.42 bits per heavy atom. The summed E-state index contributed by atoms with van der Waals surface area (Å²) in [6.45, 7) is 0.0938. The summed E-state index contributed by atoms with van der Waals surface area (Å²) in [6, 6.07) is 3.56. The summed E-state index contributed by atoms with van der Waals surface area (Å²) >= 11 is 3.01. The Labute approximate surface area is 117 Å². The number of aliphatic carboxylic acids is 1. The molecule has 1 aliphatic carbocycles. The summed E-state index contributed by atoms with van der Waals surface area (Å²) in [6.07, 6.45) is 1.15. The molecule has 2 rings (SSSR count). The molecular weight excluding hydrogens is 319 g/mol. The zero-order valence-corrected chi connectivity index (χ0v) is 11.5. The Bertz CT molecular complexity index is 532. The fourth-order valence-corrected chi connectivity index (χ4v) is 1.99. The molecule has 0 aliphatic heterocycles. The molecule has 19 heavy (non-hydrogen) atoms. The number of nitrogens with one attached hydrogen (secondary N) is 2. The predicted molar refractivity (Wildman–Crippen MR) is 70.4 cm³/mol.